The molecule has 1 aliphatic heterocycles. The summed E-state index contributed by atoms with van der Waals surface area (Å²) in [7, 11) is 0. The minimum absolute atomic E-state index is 0.0867. The van der Waals surface area contributed by atoms with E-state index in [2.05, 4.69) is 18.2 Å². The summed E-state index contributed by atoms with van der Waals surface area (Å²) in [5.41, 5.74) is -0.457. The zero-order valence-corrected chi connectivity index (χ0v) is 11.3. The summed E-state index contributed by atoms with van der Waals surface area (Å²) in [6.45, 7) is 5.67. The number of amides is 1. The average Bonchev–Trinajstić information content (AvgIpc) is 2.48. The van der Waals surface area contributed by atoms with Gasteiger partial charge in [-0.15, -0.1) is 0 Å². The SMILES string of the molecule is CC(C)(C)OC(=O)N1C=CCCC2C=CC=CC21. The van der Waals surface area contributed by atoms with Crippen LogP contribution in [0.5, 0.6) is 0 Å². The molecule has 2 unspecified atom stereocenters. The van der Waals surface area contributed by atoms with Gasteiger partial charge in [0.1, 0.15) is 5.60 Å². The molecule has 98 valence electrons. The molecule has 1 heterocycles. The molecule has 0 radical (unpaired) electrons. The van der Waals surface area contributed by atoms with Gasteiger partial charge in [-0.25, -0.2) is 4.79 Å². The van der Waals surface area contributed by atoms with E-state index in [0.29, 0.717) is 5.92 Å². The van der Waals surface area contributed by atoms with Crippen molar-refractivity contribution in [3.05, 3.63) is 36.6 Å². The molecule has 3 heteroatoms. The monoisotopic (exact) mass is 247 g/mol. The predicted molar refractivity (Wildman–Crippen MR) is 72.0 cm³/mol. The van der Waals surface area contributed by atoms with Crippen LogP contribution in [0.1, 0.15) is 33.6 Å². The maximum absolute atomic E-state index is 12.2. The summed E-state index contributed by atoms with van der Waals surface area (Å²) in [4.78, 5) is 13.9. The Bertz CT molecular complexity index is 401. The van der Waals surface area contributed by atoms with Gasteiger partial charge in [0.15, 0.2) is 0 Å². The van der Waals surface area contributed by atoms with Crippen LogP contribution in [0.25, 0.3) is 0 Å². The van der Waals surface area contributed by atoms with Crippen LogP contribution in [-0.2, 0) is 4.74 Å². The highest BCUT2D eigenvalue weighted by molar-refractivity contribution is 5.70. The average molecular weight is 247 g/mol. The molecular formula is C15H21NO2. The first-order valence-electron chi connectivity index (χ1n) is 6.50. The molecular weight excluding hydrogens is 226 g/mol. The number of carbonyl (C=O) groups excluding carboxylic acids is 1. The molecule has 2 atom stereocenters. The molecule has 18 heavy (non-hydrogen) atoms. The highest BCUT2D eigenvalue weighted by Gasteiger charge is 2.31. The van der Waals surface area contributed by atoms with Crippen molar-refractivity contribution < 1.29 is 9.53 Å². The Kier molecular flexibility index (Phi) is 3.60. The van der Waals surface area contributed by atoms with E-state index in [1.807, 2.05) is 39.1 Å². The Morgan fingerprint density at radius 3 is 2.72 bits per heavy atom. The van der Waals surface area contributed by atoms with Crippen LogP contribution in [0.3, 0.4) is 0 Å². The fourth-order valence-corrected chi connectivity index (χ4v) is 2.28. The smallest absolute Gasteiger partial charge is 0.414 e. The molecule has 0 saturated heterocycles. The van der Waals surface area contributed by atoms with Crippen LogP contribution in [0.2, 0.25) is 0 Å². The lowest BCUT2D eigenvalue weighted by molar-refractivity contribution is 0.0275. The third-order valence-electron chi connectivity index (χ3n) is 3.07. The largest absolute Gasteiger partial charge is 0.443 e. The highest BCUT2D eigenvalue weighted by atomic mass is 16.6. The van der Waals surface area contributed by atoms with E-state index in [4.69, 9.17) is 4.74 Å². The van der Waals surface area contributed by atoms with Gasteiger partial charge in [-0.1, -0.05) is 30.4 Å². The van der Waals surface area contributed by atoms with Gasteiger partial charge in [-0.3, -0.25) is 4.90 Å². The van der Waals surface area contributed by atoms with E-state index in [9.17, 15) is 4.79 Å². The lowest BCUT2D eigenvalue weighted by atomic mass is 9.91. The van der Waals surface area contributed by atoms with E-state index in [1.54, 1.807) is 4.90 Å². The number of allylic oxidation sites excluding steroid dienone is 3. The number of fused-ring (bicyclic) bond motifs is 1. The first kappa shape index (κ1) is 12.9. The molecule has 0 aromatic rings. The van der Waals surface area contributed by atoms with Crippen molar-refractivity contribution >= 4 is 6.09 Å². The second-order valence-corrected chi connectivity index (χ2v) is 5.77. The van der Waals surface area contributed by atoms with Crippen LogP contribution >= 0.6 is 0 Å². The maximum atomic E-state index is 12.2. The van der Waals surface area contributed by atoms with Crippen LogP contribution in [0, 0.1) is 5.92 Å². The zero-order valence-electron chi connectivity index (χ0n) is 11.3. The molecule has 2 aliphatic rings. The Morgan fingerprint density at radius 1 is 1.28 bits per heavy atom. The molecule has 0 aromatic heterocycles. The number of hydrogen-bond acceptors (Lipinski definition) is 2. The summed E-state index contributed by atoms with van der Waals surface area (Å²) in [6.07, 6.45) is 14.0. The van der Waals surface area contributed by atoms with E-state index in [-0.39, 0.29) is 12.1 Å². The molecule has 0 aromatic carbocycles. The Hall–Kier alpha value is -1.51. The van der Waals surface area contributed by atoms with Gasteiger partial charge >= 0.3 is 6.09 Å². The summed E-state index contributed by atoms with van der Waals surface area (Å²) in [5.74, 6) is 0.387. The molecule has 2 rings (SSSR count). The van der Waals surface area contributed by atoms with Crippen molar-refractivity contribution in [1.82, 2.24) is 4.90 Å². The fourth-order valence-electron chi connectivity index (χ4n) is 2.28. The molecule has 0 N–H and O–H groups in total. The van der Waals surface area contributed by atoms with Crippen molar-refractivity contribution in [2.75, 3.05) is 0 Å². The number of nitrogens with zero attached hydrogens (tertiary/aromatic N) is 1. The zero-order chi connectivity index (χ0) is 13.2. The number of rotatable bonds is 0. The van der Waals surface area contributed by atoms with Crippen LogP contribution in [-0.4, -0.2) is 22.6 Å². The van der Waals surface area contributed by atoms with E-state index in [0.717, 1.165) is 12.8 Å². The van der Waals surface area contributed by atoms with Gasteiger partial charge in [0.2, 0.25) is 0 Å². The van der Waals surface area contributed by atoms with E-state index < -0.39 is 5.60 Å². The van der Waals surface area contributed by atoms with Crippen molar-refractivity contribution in [1.29, 1.82) is 0 Å². The minimum atomic E-state index is -0.457. The van der Waals surface area contributed by atoms with Crippen molar-refractivity contribution in [3.63, 3.8) is 0 Å². The van der Waals surface area contributed by atoms with Crippen molar-refractivity contribution in [3.8, 4) is 0 Å². The molecule has 0 saturated carbocycles. The molecule has 1 amide bonds. The quantitative estimate of drug-likeness (QED) is 0.654. The Labute approximate surface area is 109 Å². The first-order valence-corrected chi connectivity index (χ1v) is 6.50. The van der Waals surface area contributed by atoms with Gasteiger partial charge < -0.3 is 4.74 Å². The van der Waals surface area contributed by atoms with Crippen molar-refractivity contribution in [2.45, 2.75) is 45.3 Å². The van der Waals surface area contributed by atoms with E-state index in [1.165, 1.54) is 0 Å². The highest BCUT2D eigenvalue weighted by Crippen LogP contribution is 2.27. The van der Waals surface area contributed by atoms with E-state index >= 15 is 0 Å². The minimum Gasteiger partial charge on any atom is -0.443 e. The maximum Gasteiger partial charge on any atom is 0.414 e. The molecule has 3 nitrogen and oxygen atoms in total. The lowest BCUT2D eigenvalue weighted by Gasteiger charge is -2.33. The number of carbonyl (C=O) groups is 1. The standard InChI is InChI=1S/C15H21NO2/c1-15(2,3)18-14(17)16-11-7-6-9-12-8-4-5-10-13(12)16/h4-5,7-8,10-13H,6,9H2,1-3H3. The second kappa shape index (κ2) is 5.01. The van der Waals surface area contributed by atoms with Gasteiger partial charge in [0.25, 0.3) is 0 Å². The second-order valence-electron chi connectivity index (χ2n) is 5.77. The lowest BCUT2D eigenvalue weighted by Crippen LogP contribution is -2.42. The van der Waals surface area contributed by atoms with Gasteiger partial charge in [0, 0.05) is 12.1 Å². The summed E-state index contributed by atoms with van der Waals surface area (Å²) in [6, 6.07) is 0.0867. The van der Waals surface area contributed by atoms with Crippen LogP contribution in [0.4, 0.5) is 4.79 Å². The summed E-state index contributed by atoms with van der Waals surface area (Å²) >= 11 is 0. The summed E-state index contributed by atoms with van der Waals surface area (Å²) < 4.78 is 5.46. The van der Waals surface area contributed by atoms with Gasteiger partial charge in [-0.05, 0) is 33.6 Å². The van der Waals surface area contributed by atoms with Gasteiger partial charge in [-0.2, -0.15) is 0 Å². The number of ether oxygens (including phenoxy) is 1. The summed E-state index contributed by atoms with van der Waals surface area (Å²) in [5, 5.41) is 0. The van der Waals surface area contributed by atoms with Gasteiger partial charge in [0.05, 0.1) is 6.04 Å². The Morgan fingerprint density at radius 2 is 2.00 bits per heavy atom. The Balaban J connectivity index is 2.16. The molecule has 1 aliphatic carbocycles. The molecule has 0 fully saturated rings. The molecule has 0 spiro atoms. The first-order chi connectivity index (χ1) is 8.47. The van der Waals surface area contributed by atoms with Crippen LogP contribution < -0.4 is 0 Å². The normalized spacial score (nSPS) is 26.7. The predicted octanol–water partition coefficient (Wildman–Crippen LogP) is 3.64. The third-order valence-corrected chi connectivity index (χ3v) is 3.07. The fraction of sp³-hybridized carbons (Fsp3) is 0.533. The third kappa shape index (κ3) is 3.03. The topological polar surface area (TPSA) is 29.5 Å². The molecule has 0 bridgehead atoms. The number of hydrogen-bond donors (Lipinski definition) is 0. The van der Waals surface area contributed by atoms with Crippen molar-refractivity contribution in [2.24, 2.45) is 5.92 Å². The van der Waals surface area contributed by atoms with Crippen LogP contribution in [0.15, 0.2) is 36.6 Å².